The molecule has 2 atom stereocenters. The number of alkyl halides is 1. The predicted molar refractivity (Wildman–Crippen MR) is 70.8 cm³/mol. The van der Waals surface area contributed by atoms with Crippen LogP contribution in [0.25, 0.3) is 0 Å². The van der Waals surface area contributed by atoms with Crippen LogP contribution in [0.15, 0.2) is 0 Å². The molecular formula is C13H21BrN2O. The van der Waals surface area contributed by atoms with E-state index in [1.165, 1.54) is 25.7 Å². The van der Waals surface area contributed by atoms with E-state index in [9.17, 15) is 4.79 Å². The summed E-state index contributed by atoms with van der Waals surface area (Å²) in [6.07, 6.45) is 10.5. The van der Waals surface area contributed by atoms with Crippen molar-refractivity contribution in [3.8, 4) is 0 Å². The van der Waals surface area contributed by atoms with Gasteiger partial charge in [-0.15, -0.1) is 0 Å². The number of rotatable bonds is 0. The molecule has 0 aliphatic carbocycles. The summed E-state index contributed by atoms with van der Waals surface area (Å²) in [5.74, 6) is 0.293. The minimum absolute atomic E-state index is 0.0303. The SMILES string of the molecule is O=C1N2CCCCCC23CCCCCC1(Br)N3. The molecule has 2 bridgehead atoms. The van der Waals surface area contributed by atoms with Crippen molar-refractivity contribution in [2.24, 2.45) is 0 Å². The maximum Gasteiger partial charge on any atom is 0.255 e. The smallest absolute Gasteiger partial charge is 0.255 e. The Bertz CT molecular complexity index is 335. The van der Waals surface area contributed by atoms with Crippen LogP contribution in [0.5, 0.6) is 0 Å². The van der Waals surface area contributed by atoms with Crippen LogP contribution < -0.4 is 5.32 Å². The molecule has 0 aromatic rings. The van der Waals surface area contributed by atoms with Crippen LogP contribution in [0.4, 0.5) is 0 Å². The van der Waals surface area contributed by atoms with E-state index in [-0.39, 0.29) is 5.66 Å². The van der Waals surface area contributed by atoms with Gasteiger partial charge >= 0.3 is 0 Å². The summed E-state index contributed by atoms with van der Waals surface area (Å²) in [6.45, 7) is 0.944. The Labute approximate surface area is 111 Å². The fourth-order valence-corrected chi connectivity index (χ4v) is 4.59. The fraction of sp³-hybridized carbons (Fsp3) is 0.923. The molecule has 3 saturated heterocycles. The zero-order valence-corrected chi connectivity index (χ0v) is 11.9. The summed E-state index contributed by atoms with van der Waals surface area (Å²) in [6, 6.07) is 0. The van der Waals surface area contributed by atoms with Gasteiger partial charge in [-0.2, -0.15) is 0 Å². The molecule has 1 spiro atoms. The van der Waals surface area contributed by atoms with Crippen LogP contribution in [0.1, 0.15) is 57.8 Å². The van der Waals surface area contributed by atoms with Crippen LogP contribution in [0, 0.1) is 0 Å². The van der Waals surface area contributed by atoms with Gasteiger partial charge in [0.1, 0.15) is 0 Å². The van der Waals surface area contributed by atoms with E-state index in [1.807, 2.05) is 0 Å². The van der Waals surface area contributed by atoms with Crippen LogP contribution in [0.3, 0.4) is 0 Å². The second-order valence-electron chi connectivity index (χ2n) is 5.79. The standard InChI is InChI=1S/C13H21BrN2O/c14-13-9-5-1-3-7-12(15-13)8-4-2-6-10-16(12)11(13)17/h15H,1-10H2. The van der Waals surface area contributed by atoms with Gasteiger partial charge in [0.15, 0.2) is 4.45 Å². The van der Waals surface area contributed by atoms with Crippen LogP contribution in [-0.4, -0.2) is 27.5 Å². The van der Waals surface area contributed by atoms with Gasteiger partial charge < -0.3 is 4.90 Å². The Balaban J connectivity index is 1.97. The van der Waals surface area contributed by atoms with Crippen molar-refractivity contribution in [3.05, 3.63) is 0 Å². The molecule has 3 aliphatic heterocycles. The van der Waals surface area contributed by atoms with Gasteiger partial charge in [-0.05, 0) is 38.5 Å². The van der Waals surface area contributed by atoms with Gasteiger partial charge in [0.2, 0.25) is 0 Å². The molecule has 3 heterocycles. The zero-order chi connectivity index (χ0) is 11.9. The van der Waals surface area contributed by atoms with E-state index in [2.05, 4.69) is 26.1 Å². The van der Waals surface area contributed by atoms with Gasteiger partial charge in [0, 0.05) is 6.54 Å². The number of hydrogen-bond donors (Lipinski definition) is 1. The first-order valence-electron chi connectivity index (χ1n) is 6.97. The monoisotopic (exact) mass is 300 g/mol. The molecule has 1 amide bonds. The van der Waals surface area contributed by atoms with Crippen LogP contribution >= 0.6 is 15.9 Å². The van der Waals surface area contributed by atoms with Gasteiger partial charge in [-0.25, -0.2) is 0 Å². The summed E-state index contributed by atoms with van der Waals surface area (Å²) in [7, 11) is 0. The minimum Gasteiger partial charge on any atom is -0.322 e. The van der Waals surface area contributed by atoms with E-state index in [1.54, 1.807) is 0 Å². The van der Waals surface area contributed by atoms with Gasteiger partial charge in [0.25, 0.3) is 5.91 Å². The first kappa shape index (κ1) is 12.0. The van der Waals surface area contributed by atoms with E-state index < -0.39 is 4.45 Å². The molecule has 0 aromatic carbocycles. The number of amides is 1. The number of fused-ring (bicyclic) bond motifs is 1. The summed E-state index contributed by atoms with van der Waals surface area (Å²) < 4.78 is -0.454. The molecule has 17 heavy (non-hydrogen) atoms. The van der Waals surface area contributed by atoms with Crippen LogP contribution in [0.2, 0.25) is 0 Å². The molecule has 4 heteroatoms. The van der Waals surface area contributed by atoms with E-state index in [0.717, 1.165) is 38.6 Å². The molecule has 2 unspecified atom stereocenters. The highest BCUT2D eigenvalue weighted by Crippen LogP contribution is 2.44. The van der Waals surface area contributed by atoms with E-state index in [4.69, 9.17) is 0 Å². The maximum atomic E-state index is 12.6. The molecular weight excluding hydrogens is 280 g/mol. The molecule has 3 rings (SSSR count). The van der Waals surface area contributed by atoms with Gasteiger partial charge in [0.05, 0.1) is 5.66 Å². The van der Waals surface area contributed by atoms with E-state index in [0.29, 0.717) is 5.91 Å². The summed E-state index contributed by atoms with van der Waals surface area (Å²) in [4.78, 5) is 14.8. The number of halogens is 1. The number of nitrogens with one attached hydrogen (secondary N) is 1. The van der Waals surface area contributed by atoms with Crippen molar-refractivity contribution < 1.29 is 4.79 Å². The summed E-state index contributed by atoms with van der Waals surface area (Å²) in [5.41, 5.74) is -0.0303. The molecule has 0 aromatic heterocycles. The van der Waals surface area contributed by atoms with Crippen molar-refractivity contribution >= 4 is 21.8 Å². The lowest BCUT2D eigenvalue weighted by Gasteiger charge is -2.38. The molecule has 3 aliphatic rings. The second kappa shape index (κ2) is 4.23. The summed E-state index contributed by atoms with van der Waals surface area (Å²) in [5, 5.41) is 3.67. The predicted octanol–water partition coefficient (Wildman–Crippen LogP) is 2.74. The summed E-state index contributed by atoms with van der Waals surface area (Å²) >= 11 is 3.69. The normalized spacial score (nSPS) is 42.6. The third-order valence-corrected chi connectivity index (χ3v) is 5.55. The van der Waals surface area contributed by atoms with Crippen molar-refractivity contribution in [3.63, 3.8) is 0 Å². The number of hydrogen-bond acceptors (Lipinski definition) is 2. The maximum absolute atomic E-state index is 12.6. The second-order valence-corrected chi connectivity index (χ2v) is 7.14. The lowest BCUT2D eigenvalue weighted by atomic mass is 9.93. The van der Waals surface area contributed by atoms with Crippen molar-refractivity contribution in [2.45, 2.75) is 67.9 Å². The molecule has 1 N–H and O–H groups in total. The molecule has 3 fully saturated rings. The molecule has 0 saturated carbocycles. The average molecular weight is 301 g/mol. The van der Waals surface area contributed by atoms with Gasteiger partial charge in [-0.1, -0.05) is 35.2 Å². The van der Waals surface area contributed by atoms with Crippen LogP contribution in [-0.2, 0) is 4.79 Å². The van der Waals surface area contributed by atoms with Crippen molar-refractivity contribution in [2.75, 3.05) is 6.54 Å². The number of carbonyl (C=O) groups is 1. The van der Waals surface area contributed by atoms with Crippen molar-refractivity contribution in [1.82, 2.24) is 10.2 Å². The highest BCUT2D eigenvalue weighted by molar-refractivity contribution is 9.10. The Kier molecular flexibility index (Phi) is 2.98. The molecule has 96 valence electrons. The topological polar surface area (TPSA) is 32.3 Å². The zero-order valence-electron chi connectivity index (χ0n) is 10.3. The number of carbonyl (C=O) groups excluding carboxylic acids is 1. The Morgan fingerprint density at radius 2 is 1.65 bits per heavy atom. The quantitative estimate of drug-likeness (QED) is 0.551. The fourth-order valence-electron chi connectivity index (χ4n) is 3.73. The largest absolute Gasteiger partial charge is 0.322 e. The minimum atomic E-state index is -0.454. The first-order chi connectivity index (χ1) is 8.16. The van der Waals surface area contributed by atoms with E-state index >= 15 is 0 Å². The third kappa shape index (κ3) is 1.84. The van der Waals surface area contributed by atoms with Gasteiger partial charge in [-0.3, -0.25) is 10.1 Å². The average Bonchev–Trinajstić information content (AvgIpc) is 2.43. The molecule has 3 nitrogen and oxygen atoms in total. The van der Waals surface area contributed by atoms with Crippen molar-refractivity contribution in [1.29, 1.82) is 0 Å². The highest BCUT2D eigenvalue weighted by Gasteiger charge is 2.57. The Morgan fingerprint density at radius 1 is 1.00 bits per heavy atom. The highest BCUT2D eigenvalue weighted by atomic mass is 79.9. The Morgan fingerprint density at radius 3 is 2.41 bits per heavy atom. The lowest BCUT2D eigenvalue weighted by Crippen LogP contribution is -2.53. The lowest BCUT2D eigenvalue weighted by molar-refractivity contribution is -0.132. The third-order valence-electron chi connectivity index (χ3n) is 4.62. The Hall–Kier alpha value is -0.0900. The molecule has 0 radical (unpaired) electrons. The first-order valence-corrected chi connectivity index (χ1v) is 7.76. The number of nitrogens with zero attached hydrogens (tertiary/aromatic N) is 1.